The number of rotatable bonds is 5. The molecular weight excluding hydrogens is 240 g/mol. The largest absolute Gasteiger partial charge is 0.305 e. The molecule has 1 atom stereocenters. The van der Waals surface area contributed by atoms with Crippen molar-refractivity contribution in [2.75, 3.05) is 6.54 Å². The van der Waals surface area contributed by atoms with Crippen LogP contribution in [0.4, 0.5) is 0 Å². The zero-order chi connectivity index (χ0) is 12.6. The number of hydrogen-bond acceptors (Lipinski definition) is 3. The van der Waals surface area contributed by atoms with Crippen molar-refractivity contribution >= 4 is 11.3 Å². The Balaban J connectivity index is 2.11. The summed E-state index contributed by atoms with van der Waals surface area (Å²) >= 11 is 1.70. The Morgan fingerprint density at radius 3 is 3.00 bits per heavy atom. The zero-order valence-corrected chi connectivity index (χ0v) is 12.1. The van der Waals surface area contributed by atoms with E-state index >= 15 is 0 Å². The SMILES string of the molecule is CCCNC(C1=CCCCCCC1)c1cscn1. The van der Waals surface area contributed by atoms with Crippen molar-refractivity contribution in [2.24, 2.45) is 0 Å². The highest BCUT2D eigenvalue weighted by Crippen LogP contribution is 2.28. The van der Waals surface area contributed by atoms with Gasteiger partial charge >= 0.3 is 0 Å². The maximum Gasteiger partial charge on any atom is 0.0795 e. The van der Waals surface area contributed by atoms with Crippen molar-refractivity contribution in [3.8, 4) is 0 Å². The Kier molecular flexibility index (Phi) is 5.88. The molecule has 3 heteroatoms. The molecule has 1 aliphatic rings. The summed E-state index contributed by atoms with van der Waals surface area (Å²) in [6, 6.07) is 0.356. The van der Waals surface area contributed by atoms with Gasteiger partial charge in [-0.3, -0.25) is 0 Å². The molecule has 0 saturated heterocycles. The van der Waals surface area contributed by atoms with Gasteiger partial charge in [-0.2, -0.15) is 0 Å². The molecule has 2 nitrogen and oxygen atoms in total. The number of thiazole rings is 1. The molecular formula is C15H24N2S. The molecule has 0 bridgehead atoms. The van der Waals surface area contributed by atoms with Gasteiger partial charge in [-0.05, 0) is 38.6 Å². The molecule has 18 heavy (non-hydrogen) atoms. The predicted octanol–water partition coefficient (Wildman–Crippen LogP) is 4.46. The van der Waals surface area contributed by atoms with E-state index in [1.54, 1.807) is 16.9 Å². The van der Waals surface area contributed by atoms with Crippen molar-refractivity contribution in [3.05, 3.63) is 28.2 Å². The second-order valence-corrected chi connectivity index (χ2v) is 5.75. The molecule has 1 aliphatic carbocycles. The second kappa shape index (κ2) is 7.70. The molecule has 0 fully saturated rings. The zero-order valence-electron chi connectivity index (χ0n) is 11.3. The number of nitrogens with one attached hydrogen (secondary N) is 1. The van der Waals surface area contributed by atoms with Crippen molar-refractivity contribution < 1.29 is 0 Å². The monoisotopic (exact) mass is 264 g/mol. The molecule has 0 amide bonds. The molecule has 1 aromatic rings. The van der Waals surface area contributed by atoms with Crippen molar-refractivity contribution in [3.63, 3.8) is 0 Å². The van der Waals surface area contributed by atoms with Gasteiger partial charge in [0.2, 0.25) is 0 Å². The summed E-state index contributed by atoms with van der Waals surface area (Å²) in [5.74, 6) is 0. The number of allylic oxidation sites excluding steroid dienone is 1. The standard InChI is InChI=1S/C15H24N2S/c1-2-10-16-15(14-11-18-12-17-14)13-8-6-4-3-5-7-9-13/h8,11-12,15-16H,2-7,9-10H2,1H3. The summed E-state index contributed by atoms with van der Waals surface area (Å²) < 4.78 is 0. The lowest BCUT2D eigenvalue weighted by Crippen LogP contribution is -2.24. The molecule has 0 radical (unpaired) electrons. The van der Waals surface area contributed by atoms with E-state index in [9.17, 15) is 0 Å². The van der Waals surface area contributed by atoms with Crippen LogP contribution in [0.25, 0.3) is 0 Å². The molecule has 0 aromatic carbocycles. The highest BCUT2D eigenvalue weighted by Gasteiger charge is 2.18. The van der Waals surface area contributed by atoms with E-state index in [0.717, 1.165) is 6.54 Å². The van der Waals surface area contributed by atoms with Gasteiger partial charge in [0.1, 0.15) is 0 Å². The highest BCUT2D eigenvalue weighted by molar-refractivity contribution is 7.07. The van der Waals surface area contributed by atoms with Crippen molar-refractivity contribution in [1.29, 1.82) is 0 Å². The predicted molar refractivity (Wildman–Crippen MR) is 78.9 cm³/mol. The van der Waals surface area contributed by atoms with E-state index in [-0.39, 0.29) is 0 Å². The second-order valence-electron chi connectivity index (χ2n) is 5.03. The first kappa shape index (κ1) is 13.8. The van der Waals surface area contributed by atoms with Crippen LogP contribution in [-0.2, 0) is 0 Å². The molecule has 0 aliphatic heterocycles. The summed E-state index contributed by atoms with van der Waals surface area (Å²) in [5, 5.41) is 5.85. The Bertz CT molecular complexity index is 357. The Morgan fingerprint density at radius 2 is 2.22 bits per heavy atom. The fourth-order valence-electron chi connectivity index (χ4n) is 2.56. The minimum atomic E-state index is 0.356. The molecule has 100 valence electrons. The van der Waals surface area contributed by atoms with E-state index in [0.29, 0.717) is 6.04 Å². The van der Waals surface area contributed by atoms with E-state index in [4.69, 9.17) is 0 Å². The van der Waals surface area contributed by atoms with Crippen LogP contribution in [0, 0.1) is 0 Å². The van der Waals surface area contributed by atoms with Crippen LogP contribution in [0.1, 0.15) is 63.6 Å². The third kappa shape index (κ3) is 3.92. The average molecular weight is 264 g/mol. The van der Waals surface area contributed by atoms with Gasteiger partial charge < -0.3 is 5.32 Å². The maximum atomic E-state index is 4.51. The summed E-state index contributed by atoms with van der Waals surface area (Å²) in [4.78, 5) is 4.51. The normalized spacial score (nSPS) is 18.8. The maximum absolute atomic E-state index is 4.51. The van der Waals surface area contributed by atoms with Crippen LogP contribution in [0.5, 0.6) is 0 Å². The minimum Gasteiger partial charge on any atom is -0.305 e. The lowest BCUT2D eigenvalue weighted by Gasteiger charge is -2.22. The van der Waals surface area contributed by atoms with E-state index < -0.39 is 0 Å². The van der Waals surface area contributed by atoms with Crippen LogP contribution < -0.4 is 5.32 Å². The highest BCUT2D eigenvalue weighted by atomic mass is 32.1. The third-order valence-corrected chi connectivity index (χ3v) is 4.15. The van der Waals surface area contributed by atoms with Crippen LogP contribution in [0.2, 0.25) is 0 Å². The Labute approximate surface area is 115 Å². The van der Waals surface area contributed by atoms with Crippen molar-refractivity contribution in [2.45, 2.75) is 57.9 Å². The average Bonchev–Trinajstić information content (AvgIpc) is 2.85. The molecule has 1 aromatic heterocycles. The molecule has 0 saturated carbocycles. The van der Waals surface area contributed by atoms with Gasteiger partial charge in [-0.1, -0.05) is 31.4 Å². The topological polar surface area (TPSA) is 24.9 Å². The van der Waals surface area contributed by atoms with Gasteiger partial charge in [0.15, 0.2) is 0 Å². The Morgan fingerprint density at radius 1 is 1.33 bits per heavy atom. The first-order valence-corrected chi connectivity index (χ1v) is 8.16. The molecule has 0 spiro atoms. The fraction of sp³-hybridized carbons (Fsp3) is 0.667. The fourth-order valence-corrected chi connectivity index (χ4v) is 3.14. The lowest BCUT2D eigenvalue weighted by molar-refractivity contribution is 0.534. The molecule has 2 rings (SSSR count). The van der Waals surface area contributed by atoms with Gasteiger partial charge in [0.25, 0.3) is 0 Å². The molecule has 1 N–H and O–H groups in total. The smallest absolute Gasteiger partial charge is 0.0795 e. The third-order valence-electron chi connectivity index (χ3n) is 3.54. The van der Waals surface area contributed by atoms with Gasteiger partial charge in [0, 0.05) is 5.38 Å². The number of aromatic nitrogens is 1. The first-order valence-electron chi connectivity index (χ1n) is 7.22. The van der Waals surface area contributed by atoms with E-state index in [1.165, 1.54) is 50.6 Å². The number of hydrogen-bond donors (Lipinski definition) is 1. The van der Waals surface area contributed by atoms with Crippen LogP contribution in [0.15, 0.2) is 22.5 Å². The summed E-state index contributed by atoms with van der Waals surface area (Å²) in [5.41, 5.74) is 4.72. The van der Waals surface area contributed by atoms with Crippen LogP contribution >= 0.6 is 11.3 Å². The van der Waals surface area contributed by atoms with E-state index in [1.807, 2.05) is 5.51 Å². The van der Waals surface area contributed by atoms with Crippen LogP contribution in [0.3, 0.4) is 0 Å². The summed E-state index contributed by atoms with van der Waals surface area (Å²) in [6.07, 6.45) is 11.6. The van der Waals surface area contributed by atoms with Gasteiger partial charge in [0.05, 0.1) is 17.2 Å². The quantitative estimate of drug-likeness (QED) is 0.794. The minimum absolute atomic E-state index is 0.356. The summed E-state index contributed by atoms with van der Waals surface area (Å²) in [7, 11) is 0. The molecule has 1 unspecified atom stereocenters. The molecule has 1 heterocycles. The van der Waals surface area contributed by atoms with Gasteiger partial charge in [-0.15, -0.1) is 11.3 Å². The summed E-state index contributed by atoms with van der Waals surface area (Å²) in [6.45, 7) is 3.29. The van der Waals surface area contributed by atoms with E-state index in [2.05, 4.69) is 28.7 Å². The van der Waals surface area contributed by atoms with Crippen molar-refractivity contribution in [1.82, 2.24) is 10.3 Å². The lowest BCUT2D eigenvalue weighted by atomic mass is 9.93. The van der Waals surface area contributed by atoms with Gasteiger partial charge in [-0.25, -0.2) is 4.98 Å². The van der Waals surface area contributed by atoms with Crippen LogP contribution in [-0.4, -0.2) is 11.5 Å². The Hall–Kier alpha value is -0.670. The first-order chi connectivity index (χ1) is 8.92. The number of nitrogens with zero attached hydrogens (tertiary/aromatic N) is 1.